The third-order valence-corrected chi connectivity index (χ3v) is 3.93. The van der Waals surface area contributed by atoms with Crippen molar-refractivity contribution < 1.29 is 0 Å². The maximum Gasteiger partial charge on any atom is 0.0501 e. The number of halogens is 2. The fourth-order valence-electron chi connectivity index (χ4n) is 2.12. The second-order valence-corrected chi connectivity index (χ2v) is 6.45. The Morgan fingerprint density at radius 3 is 2.37 bits per heavy atom. The molecule has 0 aliphatic heterocycles. The van der Waals surface area contributed by atoms with Crippen LogP contribution in [-0.4, -0.2) is 0 Å². The van der Waals surface area contributed by atoms with Gasteiger partial charge in [-0.2, -0.15) is 0 Å². The van der Waals surface area contributed by atoms with E-state index in [0.717, 1.165) is 20.9 Å². The van der Waals surface area contributed by atoms with Gasteiger partial charge in [0.15, 0.2) is 0 Å². The summed E-state index contributed by atoms with van der Waals surface area (Å²) in [6.07, 6.45) is 0.862. The van der Waals surface area contributed by atoms with Crippen molar-refractivity contribution in [3.8, 4) is 0 Å². The minimum Gasteiger partial charge on any atom is -0.271 e. The quantitative estimate of drug-likeness (QED) is 0.611. The van der Waals surface area contributed by atoms with Crippen LogP contribution in [0.4, 0.5) is 0 Å². The molecule has 2 aromatic rings. The van der Waals surface area contributed by atoms with Crippen molar-refractivity contribution in [1.82, 2.24) is 5.43 Å². The molecule has 0 radical (unpaired) electrons. The van der Waals surface area contributed by atoms with E-state index in [9.17, 15) is 0 Å². The first-order valence-electron chi connectivity index (χ1n) is 6.06. The summed E-state index contributed by atoms with van der Waals surface area (Å²) in [5, 5.41) is 0. The van der Waals surface area contributed by atoms with Gasteiger partial charge < -0.3 is 0 Å². The summed E-state index contributed by atoms with van der Waals surface area (Å²) in [5.41, 5.74) is 6.60. The van der Waals surface area contributed by atoms with Gasteiger partial charge in [-0.1, -0.05) is 61.7 Å². The summed E-state index contributed by atoms with van der Waals surface area (Å²) < 4.78 is 2.09. The molecule has 100 valence electrons. The maximum absolute atomic E-state index is 5.71. The Labute approximate surface area is 130 Å². The Hall–Kier alpha value is -0.680. The lowest BCUT2D eigenvalue weighted by Gasteiger charge is -2.17. The number of hydrogen-bond acceptors (Lipinski definition) is 2. The smallest absolute Gasteiger partial charge is 0.0501 e. The minimum atomic E-state index is 0.0931. The maximum atomic E-state index is 5.71. The molecule has 2 aromatic carbocycles. The van der Waals surface area contributed by atoms with E-state index in [1.54, 1.807) is 0 Å². The number of nitrogens with one attached hydrogen (secondary N) is 1. The highest BCUT2D eigenvalue weighted by Gasteiger charge is 2.12. The van der Waals surface area contributed by atoms with Crippen molar-refractivity contribution in [2.45, 2.75) is 19.4 Å². The first-order chi connectivity index (χ1) is 9.08. The molecule has 0 saturated carbocycles. The number of benzene rings is 2. The standard InChI is InChI=1S/C15H16Br2N2/c1-10-3-2-4-11(5-10)6-15(19-18)12-7-13(16)9-14(17)8-12/h2-5,7-9,15,19H,6,18H2,1H3. The van der Waals surface area contributed by atoms with Gasteiger partial charge in [-0.3, -0.25) is 11.3 Å². The molecular weight excluding hydrogens is 368 g/mol. The van der Waals surface area contributed by atoms with Gasteiger partial charge in [0.2, 0.25) is 0 Å². The Morgan fingerprint density at radius 1 is 1.11 bits per heavy atom. The molecule has 19 heavy (non-hydrogen) atoms. The van der Waals surface area contributed by atoms with Crippen molar-refractivity contribution in [2.24, 2.45) is 5.84 Å². The largest absolute Gasteiger partial charge is 0.271 e. The monoisotopic (exact) mass is 382 g/mol. The van der Waals surface area contributed by atoms with Crippen LogP contribution in [0.3, 0.4) is 0 Å². The summed E-state index contributed by atoms with van der Waals surface area (Å²) in [7, 11) is 0. The van der Waals surface area contributed by atoms with E-state index in [4.69, 9.17) is 5.84 Å². The molecule has 2 nitrogen and oxygen atoms in total. The lowest BCUT2D eigenvalue weighted by molar-refractivity contribution is 0.551. The van der Waals surface area contributed by atoms with Gasteiger partial charge in [-0.25, -0.2) is 0 Å². The van der Waals surface area contributed by atoms with E-state index in [2.05, 4.69) is 80.6 Å². The first-order valence-corrected chi connectivity index (χ1v) is 7.65. The third-order valence-electron chi connectivity index (χ3n) is 3.01. The zero-order valence-corrected chi connectivity index (χ0v) is 13.8. The Kier molecular flexibility index (Phi) is 5.16. The van der Waals surface area contributed by atoms with Crippen LogP contribution in [0.5, 0.6) is 0 Å². The van der Waals surface area contributed by atoms with Crippen LogP contribution in [0.1, 0.15) is 22.7 Å². The fraction of sp³-hybridized carbons (Fsp3) is 0.200. The summed E-state index contributed by atoms with van der Waals surface area (Å²) in [5.74, 6) is 5.71. The lowest BCUT2D eigenvalue weighted by Crippen LogP contribution is -2.29. The Bertz CT molecular complexity index is 550. The average molecular weight is 384 g/mol. The van der Waals surface area contributed by atoms with Gasteiger partial charge in [0.25, 0.3) is 0 Å². The van der Waals surface area contributed by atoms with E-state index < -0.39 is 0 Å². The minimum absolute atomic E-state index is 0.0931. The van der Waals surface area contributed by atoms with Crippen molar-refractivity contribution in [3.63, 3.8) is 0 Å². The summed E-state index contributed by atoms with van der Waals surface area (Å²) in [4.78, 5) is 0. The van der Waals surface area contributed by atoms with Crippen molar-refractivity contribution in [1.29, 1.82) is 0 Å². The van der Waals surface area contributed by atoms with Crippen LogP contribution < -0.4 is 11.3 Å². The molecule has 0 spiro atoms. The molecule has 0 saturated heterocycles. The molecule has 1 unspecified atom stereocenters. The number of hydrazine groups is 1. The van der Waals surface area contributed by atoms with Gasteiger partial charge in [-0.15, -0.1) is 0 Å². The predicted octanol–water partition coefficient (Wildman–Crippen LogP) is 4.27. The number of rotatable bonds is 4. The van der Waals surface area contributed by atoms with E-state index in [-0.39, 0.29) is 6.04 Å². The van der Waals surface area contributed by atoms with E-state index in [0.29, 0.717) is 0 Å². The predicted molar refractivity (Wildman–Crippen MR) is 86.8 cm³/mol. The first kappa shape index (κ1) is 14.7. The average Bonchev–Trinajstić information content (AvgIpc) is 2.34. The molecule has 0 aromatic heterocycles. The Morgan fingerprint density at radius 2 is 1.79 bits per heavy atom. The molecule has 0 aliphatic rings. The molecule has 0 amide bonds. The van der Waals surface area contributed by atoms with Crippen LogP contribution in [0.25, 0.3) is 0 Å². The zero-order chi connectivity index (χ0) is 13.8. The van der Waals surface area contributed by atoms with E-state index >= 15 is 0 Å². The SMILES string of the molecule is Cc1cccc(CC(NN)c2cc(Br)cc(Br)c2)c1. The molecule has 0 bridgehead atoms. The van der Waals surface area contributed by atoms with Crippen LogP contribution >= 0.6 is 31.9 Å². The van der Waals surface area contributed by atoms with Gasteiger partial charge in [0.1, 0.15) is 0 Å². The van der Waals surface area contributed by atoms with E-state index in [1.807, 2.05) is 6.07 Å². The second-order valence-electron chi connectivity index (χ2n) is 4.62. The zero-order valence-electron chi connectivity index (χ0n) is 10.7. The molecule has 0 aliphatic carbocycles. The van der Waals surface area contributed by atoms with Gasteiger partial charge >= 0.3 is 0 Å². The molecule has 3 N–H and O–H groups in total. The van der Waals surface area contributed by atoms with Gasteiger partial charge in [-0.05, 0) is 42.7 Å². The third kappa shape index (κ3) is 4.14. The Balaban J connectivity index is 2.24. The molecule has 0 fully saturated rings. The summed E-state index contributed by atoms with van der Waals surface area (Å²) >= 11 is 7.02. The second kappa shape index (κ2) is 6.66. The van der Waals surface area contributed by atoms with Crippen LogP contribution in [0, 0.1) is 6.92 Å². The van der Waals surface area contributed by atoms with Gasteiger partial charge in [0, 0.05) is 8.95 Å². The fourth-order valence-corrected chi connectivity index (χ4v) is 3.45. The number of aryl methyl sites for hydroxylation is 1. The highest BCUT2D eigenvalue weighted by atomic mass is 79.9. The molecule has 2 rings (SSSR count). The molecule has 4 heteroatoms. The number of nitrogens with two attached hydrogens (primary N) is 1. The van der Waals surface area contributed by atoms with Crippen molar-refractivity contribution in [2.75, 3.05) is 0 Å². The number of hydrogen-bond donors (Lipinski definition) is 2. The highest BCUT2D eigenvalue weighted by molar-refractivity contribution is 9.11. The molecule has 0 heterocycles. The van der Waals surface area contributed by atoms with Gasteiger partial charge in [0.05, 0.1) is 6.04 Å². The molecule has 1 atom stereocenters. The van der Waals surface area contributed by atoms with Crippen LogP contribution in [0.2, 0.25) is 0 Å². The summed E-state index contributed by atoms with van der Waals surface area (Å²) in [6.45, 7) is 2.10. The van der Waals surface area contributed by atoms with Crippen LogP contribution in [0.15, 0.2) is 51.4 Å². The lowest BCUT2D eigenvalue weighted by atomic mass is 9.98. The summed E-state index contributed by atoms with van der Waals surface area (Å²) in [6, 6.07) is 14.8. The van der Waals surface area contributed by atoms with E-state index in [1.165, 1.54) is 11.1 Å². The highest BCUT2D eigenvalue weighted by Crippen LogP contribution is 2.26. The van der Waals surface area contributed by atoms with Crippen molar-refractivity contribution in [3.05, 3.63) is 68.1 Å². The topological polar surface area (TPSA) is 38.0 Å². The van der Waals surface area contributed by atoms with Crippen LogP contribution in [-0.2, 0) is 6.42 Å². The molecular formula is C15H16Br2N2. The normalized spacial score (nSPS) is 12.4. The van der Waals surface area contributed by atoms with Crippen molar-refractivity contribution >= 4 is 31.9 Å².